The summed E-state index contributed by atoms with van der Waals surface area (Å²) in [6, 6.07) is 0. The summed E-state index contributed by atoms with van der Waals surface area (Å²) < 4.78 is 0. The first-order chi connectivity index (χ1) is 10.5. The number of rotatable bonds is 10. The Hall–Kier alpha value is -1.25. The van der Waals surface area contributed by atoms with Crippen LogP contribution in [0.25, 0.3) is 0 Å². The highest BCUT2D eigenvalue weighted by Crippen LogP contribution is 2.30. The Balaban J connectivity index is 2.89. The Bertz CT molecular complexity index is 457. The van der Waals surface area contributed by atoms with E-state index in [1.807, 2.05) is 13.8 Å². The number of anilines is 1. The number of aromatic hydroxyl groups is 1. The van der Waals surface area contributed by atoms with Crippen molar-refractivity contribution in [1.29, 1.82) is 0 Å². The van der Waals surface area contributed by atoms with Crippen LogP contribution in [0.4, 0.5) is 5.82 Å². The van der Waals surface area contributed by atoms with E-state index >= 15 is 0 Å². The molecule has 3 nitrogen and oxygen atoms in total. The summed E-state index contributed by atoms with van der Waals surface area (Å²) in [6.45, 7) is 12.6. The Morgan fingerprint density at radius 2 is 1.36 bits per heavy atom. The van der Waals surface area contributed by atoms with Gasteiger partial charge in [-0.3, -0.25) is 0 Å². The van der Waals surface area contributed by atoms with Gasteiger partial charge in [-0.05, 0) is 44.7 Å². The fourth-order valence-corrected chi connectivity index (χ4v) is 2.83. The summed E-state index contributed by atoms with van der Waals surface area (Å²) in [5, 5.41) is 10.1. The van der Waals surface area contributed by atoms with Crippen molar-refractivity contribution in [2.24, 2.45) is 0 Å². The lowest BCUT2D eigenvalue weighted by molar-refractivity contribution is 0.462. The second-order valence-corrected chi connectivity index (χ2v) is 6.37. The van der Waals surface area contributed by atoms with Crippen molar-refractivity contribution in [1.82, 2.24) is 4.98 Å². The van der Waals surface area contributed by atoms with Crippen molar-refractivity contribution in [3.63, 3.8) is 0 Å². The minimum Gasteiger partial charge on any atom is -0.506 e. The van der Waals surface area contributed by atoms with Crippen molar-refractivity contribution < 1.29 is 5.11 Å². The molecule has 0 bridgehead atoms. The molecule has 1 aromatic rings. The maximum atomic E-state index is 10.1. The maximum Gasteiger partial charge on any atom is 0.140 e. The third-order valence-electron chi connectivity index (χ3n) is 4.48. The number of hydrogen-bond acceptors (Lipinski definition) is 3. The molecule has 126 valence electrons. The largest absolute Gasteiger partial charge is 0.506 e. The zero-order valence-corrected chi connectivity index (χ0v) is 15.2. The van der Waals surface area contributed by atoms with E-state index in [2.05, 4.69) is 30.7 Å². The molecule has 0 amide bonds. The van der Waals surface area contributed by atoms with Gasteiger partial charge in [0.25, 0.3) is 0 Å². The van der Waals surface area contributed by atoms with Crippen LogP contribution < -0.4 is 4.90 Å². The molecule has 0 aliphatic carbocycles. The van der Waals surface area contributed by atoms with Crippen LogP contribution in [0.2, 0.25) is 0 Å². The van der Waals surface area contributed by atoms with E-state index in [9.17, 15) is 5.11 Å². The predicted octanol–water partition coefficient (Wildman–Crippen LogP) is 5.29. The number of nitrogens with zero attached hydrogens (tertiary/aromatic N) is 2. The van der Waals surface area contributed by atoms with Gasteiger partial charge in [0.1, 0.15) is 11.6 Å². The molecule has 3 heteroatoms. The van der Waals surface area contributed by atoms with Gasteiger partial charge < -0.3 is 10.0 Å². The van der Waals surface area contributed by atoms with Gasteiger partial charge >= 0.3 is 0 Å². The second-order valence-electron chi connectivity index (χ2n) is 6.37. The van der Waals surface area contributed by atoms with E-state index in [0.29, 0.717) is 5.75 Å². The SMILES string of the molecule is CCCCCCN(CCCCC)c1nc(C)c(O)c(C)c1C. The predicted molar refractivity (Wildman–Crippen MR) is 96.0 cm³/mol. The topological polar surface area (TPSA) is 36.4 Å². The van der Waals surface area contributed by atoms with Crippen molar-refractivity contribution in [2.45, 2.75) is 79.6 Å². The van der Waals surface area contributed by atoms with Gasteiger partial charge in [0.15, 0.2) is 0 Å². The quantitative estimate of drug-likeness (QED) is 0.597. The van der Waals surface area contributed by atoms with E-state index in [4.69, 9.17) is 0 Å². The highest BCUT2D eigenvalue weighted by atomic mass is 16.3. The lowest BCUT2D eigenvalue weighted by atomic mass is 10.1. The third kappa shape index (κ3) is 5.19. The molecule has 1 N–H and O–H groups in total. The molecule has 0 saturated heterocycles. The number of aryl methyl sites for hydroxylation is 1. The standard InChI is InChI=1S/C19H34N2O/c1-6-8-10-12-14-21(13-11-9-7-2)19-16(4)15(3)18(22)17(5)20-19/h22H,6-14H2,1-5H3. The summed E-state index contributed by atoms with van der Waals surface area (Å²) in [6.07, 6.45) is 8.80. The minimum atomic E-state index is 0.348. The number of pyridine rings is 1. The molecular formula is C19H34N2O. The molecule has 1 heterocycles. The molecule has 1 rings (SSSR count). The van der Waals surface area contributed by atoms with Gasteiger partial charge in [0.2, 0.25) is 0 Å². The van der Waals surface area contributed by atoms with E-state index in [0.717, 1.165) is 35.7 Å². The smallest absolute Gasteiger partial charge is 0.140 e. The van der Waals surface area contributed by atoms with Crippen molar-refractivity contribution in [3.8, 4) is 5.75 Å². The summed E-state index contributed by atoms with van der Waals surface area (Å²) in [5.41, 5.74) is 2.83. The monoisotopic (exact) mass is 306 g/mol. The van der Waals surface area contributed by atoms with Gasteiger partial charge in [-0.15, -0.1) is 0 Å². The molecule has 0 atom stereocenters. The molecule has 0 aliphatic heterocycles. The lowest BCUT2D eigenvalue weighted by Crippen LogP contribution is -2.28. The van der Waals surface area contributed by atoms with Crippen LogP contribution in [0.1, 0.15) is 75.6 Å². The van der Waals surface area contributed by atoms with Gasteiger partial charge in [-0.2, -0.15) is 0 Å². The van der Waals surface area contributed by atoms with Crippen molar-refractivity contribution in [3.05, 3.63) is 16.8 Å². The molecule has 0 saturated carbocycles. The molecule has 0 radical (unpaired) electrons. The lowest BCUT2D eigenvalue weighted by Gasteiger charge is -2.27. The first-order valence-electron chi connectivity index (χ1n) is 8.94. The van der Waals surface area contributed by atoms with Gasteiger partial charge in [0.05, 0.1) is 5.69 Å². The Morgan fingerprint density at radius 1 is 0.818 bits per heavy atom. The second kappa shape index (κ2) is 9.70. The van der Waals surface area contributed by atoms with Crippen LogP contribution >= 0.6 is 0 Å². The van der Waals surface area contributed by atoms with Crippen LogP contribution in [0.15, 0.2) is 0 Å². The molecule has 0 fully saturated rings. The Morgan fingerprint density at radius 3 is 1.95 bits per heavy atom. The summed E-state index contributed by atoms with van der Waals surface area (Å²) >= 11 is 0. The molecule has 22 heavy (non-hydrogen) atoms. The van der Waals surface area contributed by atoms with Crippen LogP contribution in [-0.2, 0) is 0 Å². The van der Waals surface area contributed by atoms with Gasteiger partial charge in [-0.1, -0.05) is 46.0 Å². The van der Waals surface area contributed by atoms with E-state index in [1.165, 1.54) is 44.9 Å². The average Bonchev–Trinajstić information content (AvgIpc) is 2.51. The van der Waals surface area contributed by atoms with Crippen LogP contribution in [-0.4, -0.2) is 23.2 Å². The highest BCUT2D eigenvalue weighted by Gasteiger charge is 2.16. The zero-order valence-electron chi connectivity index (χ0n) is 15.2. The van der Waals surface area contributed by atoms with Crippen LogP contribution in [0.5, 0.6) is 5.75 Å². The summed E-state index contributed by atoms with van der Waals surface area (Å²) in [4.78, 5) is 7.12. The van der Waals surface area contributed by atoms with Crippen molar-refractivity contribution in [2.75, 3.05) is 18.0 Å². The molecular weight excluding hydrogens is 272 g/mol. The molecule has 0 unspecified atom stereocenters. The first-order valence-corrected chi connectivity index (χ1v) is 8.94. The van der Waals surface area contributed by atoms with Gasteiger partial charge in [0, 0.05) is 13.1 Å². The zero-order chi connectivity index (χ0) is 16.5. The Labute approximate surface area is 136 Å². The van der Waals surface area contributed by atoms with Crippen LogP contribution in [0.3, 0.4) is 0 Å². The molecule has 0 aromatic carbocycles. The molecule has 0 aliphatic rings. The maximum absolute atomic E-state index is 10.1. The average molecular weight is 306 g/mol. The summed E-state index contributed by atoms with van der Waals surface area (Å²) in [5.74, 6) is 1.42. The normalized spacial score (nSPS) is 11.0. The highest BCUT2D eigenvalue weighted by molar-refractivity contribution is 5.55. The fourth-order valence-electron chi connectivity index (χ4n) is 2.83. The van der Waals surface area contributed by atoms with E-state index in [1.54, 1.807) is 0 Å². The summed E-state index contributed by atoms with van der Waals surface area (Å²) in [7, 11) is 0. The fraction of sp³-hybridized carbons (Fsp3) is 0.737. The number of aromatic nitrogens is 1. The van der Waals surface area contributed by atoms with Gasteiger partial charge in [-0.25, -0.2) is 4.98 Å². The van der Waals surface area contributed by atoms with Crippen LogP contribution in [0, 0.1) is 20.8 Å². The Kier molecular flexibility index (Phi) is 8.29. The minimum absolute atomic E-state index is 0.348. The van der Waals surface area contributed by atoms with E-state index < -0.39 is 0 Å². The first kappa shape index (κ1) is 18.8. The van der Waals surface area contributed by atoms with E-state index in [-0.39, 0.29) is 0 Å². The third-order valence-corrected chi connectivity index (χ3v) is 4.48. The molecule has 0 spiro atoms. The number of unbranched alkanes of at least 4 members (excludes halogenated alkanes) is 5. The van der Waals surface area contributed by atoms with Crippen molar-refractivity contribution >= 4 is 5.82 Å². The molecule has 1 aromatic heterocycles. The number of hydrogen-bond donors (Lipinski definition) is 1.